The van der Waals surface area contributed by atoms with Gasteiger partial charge in [-0.25, -0.2) is 4.98 Å². The largest absolute Gasteiger partial charge is 0.466 e. The van der Waals surface area contributed by atoms with Gasteiger partial charge in [-0.05, 0) is 13.0 Å². The maximum atomic E-state index is 8.92. The molecule has 1 rings (SSSR count). The highest BCUT2D eigenvalue weighted by Gasteiger charge is 2.17. The van der Waals surface area contributed by atoms with Crippen molar-refractivity contribution in [1.82, 2.24) is 0 Å². The summed E-state index contributed by atoms with van der Waals surface area (Å²) in [6, 6.07) is 3.55. The summed E-state index contributed by atoms with van der Waals surface area (Å²) in [6.45, 7) is 3.42. The number of likely N-dealkylation sites (N-methyl/N-ethyl adjacent to an activating group) is 1. The van der Waals surface area contributed by atoms with Gasteiger partial charge in [-0.1, -0.05) is 0 Å². The number of aliphatic hydroxyl groups is 1. The molecule has 0 aliphatic heterocycles. The molecule has 1 heterocycles. The topological polar surface area (TPSA) is 72.9 Å². The molecule has 0 aliphatic carbocycles. The van der Waals surface area contributed by atoms with Crippen LogP contribution in [0.15, 0.2) is 12.1 Å². The Morgan fingerprint density at radius 2 is 2.27 bits per heavy atom. The van der Waals surface area contributed by atoms with Gasteiger partial charge in [0.15, 0.2) is 0 Å². The molecule has 84 valence electrons. The number of pyridine rings is 1. The van der Waals surface area contributed by atoms with Crippen molar-refractivity contribution in [2.24, 2.45) is 0 Å². The normalized spacial score (nSPS) is 10.1. The first-order valence-corrected chi connectivity index (χ1v) is 4.94. The van der Waals surface area contributed by atoms with Crippen LogP contribution in [0.2, 0.25) is 0 Å². The minimum absolute atomic E-state index is 0.0956. The number of nitrogens with one attached hydrogen (secondary N) is 1. The van der Waals surface area contributed by atoms with Gasteiger partial charge in [0.25, 0.3) is 5.88 Å². The molecule has 0 amide bonds. The molecular formula is C10H18N3O2+. The van der Waals surface area contributed by atoms with Crippen molar-refractivity contribution in [3.05, 3.63) is 12.1 Å². The first-order chi connectivity index (χ1) is 7.22. The second-order valence-electron chi connectivity index (χ2n) is 3.13. The molecule has 5 nitrogen and oxygen atoms in total. The Hall–Kier alpha value is -1.49. The van der Waals surface area contributed by atoms with Crippen LogP contribution in [0, 0.1) is 0 Å². The lowest BCUT2D eigenvalue weighted by atomic mass is 10.3. The molecule has 15 heavy (non-hydrogen) atoms. The van der Waals surface area contributed by atoms with E-state index < -0.39 is 0 Å². The number of nitrogens with two attached hydrogens (primary N) is 1. The number of aliphatic hydroxyl groups excluding tert-OH is 1. The Kier molecular flexibility index (Phi) is 4.17. The standard InChI is InChI=1S/C10H17N3O2/c1-3-13(6-7-14)10-8(11)4-5-9(12-10)15-2/h4-5,14H,3,6-7,11H2,1-2H3/p+1. The fourth-order valence-corrected chi connectivity index (χ4v) is 1.40. The average molecular weight is 212 g/mol. The highest BCUT2D eigenvalue weighted by Crippen LogP contribution is 2.18. The van der Waals surface area contributed by atoms with Crippen LogP contribution in [0.5, 0.6) is 5.88 Å². The van der Waals surface area contributed by atoms with Crippen LogP contribution in [-0.2, 0) is 0 Å². The Morgan fingerprint density at radius 3 is 2.80 bits per heavy atom. The molecule has 0 bridgehead atoms. The lowest BCUT2D eigenvalue weighted by Gasteiger charge is -2.15. The van der Waals surface area contributed by atoms with E-state index in [1.54, 1.807) is 19.2 Å². The highest BCUT2D eigenvalue weighted by atomic mass is 16.5. The number of rotatable bonds is 5. The minimum atomic E-state index is 0.0956. The summed E-state index contributed by atoms with van der Waals surface area (Å²) in [6.07, 6.45) is 0. The zero-order valence-electron chi connectivity index (χ0n) is 9.16. The molecule has 0 fully saturated rings. The molecule has 1 aromatic rings. The number of hydrogen-bond acceptors (Lipinski definition) is 4. The zero-order valence-corrected chi connectivity index (χ0v) is 9.16. The van der Waals surface area contributed by atoms with Gasteiger partial charge in [-0.3, -0.25) is 4.90 Å². The predicted octanol–water partition coefficient (Wildman–Crippen LogP) is -0.0899. The number of anilines is 2. The van der Waals surface area contributed by atoms with Gasteiger partial charge >= 0.3 is 5.82 Å². The zero-order chi connectivity index (χ0) is 11.3. The number of methoxy groups -OCH3 is 1. The van der Waals surface area contributed by atoms with E-state index in [0.29, 0.717) is 18.1 Å². The van der Waals surface area contributed by atoms with E-state index in [2.05, 4.69) is 4.98 Å². The Balaban J connectivity index is 2.98. The molecule has 0 radical (unpaired) electrons. The van der Waals surface area contributed by atoms with Crippen molar-refractivity contribution in [1.29, 1.82) is 0 Å². The van der Waals surface area contributed by atoms with Gasteiger partial charge in [-0.2, -0.15) is 0 Å². The Labute approximate surface area is 89.5 Å². The number of nitrogens with zero attached hydrogens (tertiary/aromatic N) is 1. The molecule has 5 heteroatoms. The van der Waals surface area contributed by atoms with E-state index in [4.69, 9.17) is 15.6 Å². The van der Waals surface area contributed by atoms with Gasteiger partial charge in [0.05, 0.1) is 20.3 Å². The first-order valence-electron chi connectivity index (χ1n) is 4.94. The van der Waals surface area contributed by atoms with E-state index in [0.717, 1.165) is 12.4 Å². The fraction of sp³-hybridized carbons (Fsp3) is 0.500. The van der Waals surface area contributed by atoms with E-state index in [9.17, 15) is 0 Å². The number of ether oxygens (including phenoxy) is 1. The SMILES string of the molecule is CCN(CCO)c1[nH+]c(OC)ccc1N. The summed E-state index contributed by atoms with van der Waals surface area (Å²) in [5.74, 6) is 1.43. The van der Waals surface area contributed by atoms with Gasteiger partial charge in [-0.15, -0.1) is 0 Å². The van der Waals surface area contributed by atoms with Gasteiger partial charge in [0.1, 0.15) is 12.2 Å². The molecule has 0 atom stereocenters. The van der Waals surface area contributed by atoms with E-state index in [1.165, 1.54) is 0 Å². The van der Waals surface area contributed by atoms with E-state index in [1.807, 2.05) is 11.8 Å². The number of aromatic nitrogens is 1. The Bertz CT molecular complexity index is 318. The minimum Gasteiger partial charge on any atom is -0.466 e. The van der Waals surface area contributed by atoms with Crippen LogP contribution in [0.4, 0.5) is 11.5 Å². The van der Waals surface area contributed by atoms with Gasteiger partial charge < -0.3 is 15.6 Å². The maximum Gasteiger partial charge on any atom is 0.300 e. The van der Waals surface area contributed by atoms with Crippen molar-refractivity contribution < 1.29 is 14.8 Å². The van der Waals surface area contributed by atoms with Crippen molar-refractivity contribution >= 4 is 11.5 Å². The third-order valence-corrected chi connectivity index (χ3v) is 2.22. The molecule has 1 aromatic heterocycles. The Morgan fingerprint density at radius 1 is 1.53 bits per heavy atom. The number of H-pyrrole nitrogens is 1. The summed E-state index contributed by atoms with van der Waals surface area (Å²) < 4.78 is 5.08. The average Bonchev–Trinajstić information content (AvgIpc) is 2.27. The molecule has 0 saturated carbocycles. The summed E-state index contributed by atoms with van der Waals surface area (Å²) in [5.41, 5.74) is 6.49. The van der Waals surface area contributed by atoms with Crippen LogP contribution >= 0.6 is 0 Å². The van der Waals surface area contributed by atoms with Crippen LogP contribution in [-0.4, -0.2) is 31.9 Å². The molecule has 0 unspecified atom stereocenters. The molecule has 4 N–H and O–H groups in total. The summed E-state index contributed by atoms with van der Waals surface area (Å²) in [5, 5.41) is 8.92. The van der Waals surface area contributed by atoms with Gasteiger partial charge in [0, 0.05) is 6.07 Å². The number of aromatic amines is 1. The first kappa shape index (κ1) is 11.6. The van der Waals surface area contributed by atoms with Crippen molar-refractivity contribution in [3.63, 3.8) is 0 Å². The molecule has 0 saturated heterocycles. The quantitative estimate of drug-likeness (QED) is 0.715. The predicted molar refractivity (Wildman–Crippen MR) is 58.9 cm³/mol. The van der Waals surface area contributed by atoms with Crippen molar-refractivity contribution in [3.8, 4) is 5.88 Å². The third kappa shape index (κ3) is 2.73. The second kappa shape index (κ2) is 5.41. The lowest BCUT2D eigenvalue weighted by Crippen LogP contribution is -2.32. The monoisotopic (exact) mass is 212 g/mol. The van der Waals surface area contributed by atoms with Crippen molar-refractivity contribution in [2.75, 3.05) is 37.4 Å². The summed E-state index contributed by atoms with van der Waals surface area (Å²) in [7, 11) is 1.59. The van der Waals surface area contributed by atoms with Crippen LogP contribution in [0.1, 0.15) is 6.92 Å². The second-order valence-corrected chi connectivity index (χ2v) is 3.13. The third-order valence-electron chi connectivity index (χ3n) is 2.22. The van der Waals surface area contributed by atoms with Crippen LogP contribution in [0.25, 0.3) is 0 Å². The summed E-state index contributed by atoms with van der Waals surface area (Å²) in [4.78, 5) is 5.02. The lowest BCUT2D eigenvalue weighted by molar-refractivity contribution is -0.378. The molecule has 0 spiro atoms. The van der Waals surface area contributed by atoms with Crippen LogP contribution < -0.4 is 20.4 Å². The highest BCUT2D eigenvalue weighted by molar-refractivity contribution is 5.59. The van der Waals surface area contributed by atoms with Crippen LogP contribution in [0.3, 0.4) is 0 Å². The molecular weight excluding hydrogens is 194 g/mol. The number of nitrogen functional groups attached to an aromatic ring is 1. The van der Waals surface area contributed by atoms with E-state index >= 15 is 0 Å². The van der Waals surface area contributed by atoms with E-state index in [-0.39, 0.29) is 6.61 Å². The van der Waals surface area contributed by atoms with Gasteiger partial charge in [0.2, 0.25) is 0 Å². The fourth-order valence-electron chi connectivity index (χ4n) is 1.40. The molecule has 0 aromatic carbocycles. The molecule has 0 aliphatic rings. The summed E-state index contributed by atoms with van der Waals surface area (Å²) >= 11 is 0. The maximum absolute atomic E-state index is 8.92. The van der Waals surface area contributed by atoms with Crippen molar-refractivity contribution in [2.45, 2.75) is 6.92 Å². The smallest absolute Gasteiger partial charge is 0.300 e. The number of hydrogen-bond donors (Lipinski definition) is 2.